The van der Waals surface area contributed by atoms with E-state index >= 15 is 0 Å². The molecule has 4 rings (SSSR count). The Balaban J connectivity index is 1.71. The lowest BCUT2D eigenvalue weighted by Gasteiger charge is -2.61. The summed E-state index contributed by atoms with van der Waals surface area (Å²) in [6, 6.07) is 0. The first-order valence-electron chi connectivity index (χ1n) is 13.6. The van der Waals surface area contributed by atoms with Gasteiger partial charge in [0.15, 0.2) is 0 Å². The van der Waals surface area contributed by atoms with Gasteiger partial charge >= 0.3 is 0 Å². The Kier molecular flexibility index (Phi) is 7.02. The molecule has 6 N–H and O–H groups in total. The third-order valence-electron chi connectivity index (χ3n) is 10.7. The van der Waals surface area contributed by atoms with Crippen molar-refractivity contribution in [1.29, 1.82) is 0 Å². The average molecular weight is 510 g/mol. The summed E-state index contributed by atoms with van der Waals surface area (Å²) in [6.07, 6.45) is 3.13. The molecule has 8 nitrogen and oxygen atoms in total. The van der Waals surface area contributed by atoms with E-state index < -0.39 is 45.9 Å². The van der Waals surface area contributed by atoms with E-state index in [4.69, 9.17) is 4.84 Å². The minimum Gasteiger partial charge on any atom is -0.399 e. The molecule has 4 aliphatic carbocycles. The second kappa shape index (κ2) is 9.02. The highest BCUT2D eigenvalue weighted by molar-refractivity contribution is 5.99. The second-order valence-electron chi connectivity index (χ2n) is 13.5. The van der Waals surface area contributed by atoms with E-state index in [1.54, 1.807) is 20.8 Å². The minimum atomic E-state index is -1.44. The first kappa shape index (κ1) is 28.0. The van der Waals surface area contributed by atoms with Crippen molar-refractivity contribution in [1.82, 2.24) is 0 Å². The molecule has 0 bridgehead atoms. The van der Waals surface area contributed by atoms with Gasteiger partial charge in [-0.15, -0.1) is 0 Å². The highest BCUT2D eigenvalue weighted by Crippen LogP contribution is 2.68. The molecule has 0 saturated heterocycles. The molecule has 4 aliphatic rings. The summed E-state index contributed by atoms with van der Waals surface area (Å²) in [5.74, 6) is -0.440. The third-order valence-corrected chi connectivity index (χ3v) is 10.7. The van der Waals surface area contributed by atoms with Crippen LogP contribution in [0.25, 0.3) is 0 Å². The Morgan fingerprint density at radius 3 is 2.36 bits per heavy atom. The van der Waals surface area contributed by atoms with Gasteiger partial charge < -0.3 is 35.5 Å². The van der Waals surface area contributed by atoms with E-state index in [2.05, 4.69) is 12.1 Å². The van der Waals surface area contributed by atoms with Crippen LogP contribution in [0.15, 0.2) is 16.8 Å². The summed E-state index contributed by atoms with van der Waals surface area (Å²) in [5.41, 5.74) is -3.11. The zero-order chi connectivity index (χ0) is 26.9. The topological polar surface area (TPSA) is 143 Å². The van der Waals surface area contributed by atoms with Gasteiger partial charge in [-0.25, -0.2) is 0 Å². The number of allylic oxidation sites excluding steroid dienone is 1. The Hall–Kier alpha value is -1.03. The van der Waals surface area contributed by atoms with Crippen molar-refractivity contribution in [3.05, 3.63) is 11.6 Å². The van der Waals surface area contributed by atoms with Crippen LogP contribution < -0.4 is 0 Å². The lowest BCUT2D eigenvalue weighted by Crippen LogP contribution is -2.62. The zero-order valence-electron chi connectivity index (χ0n) is 22.7. The first-order chi connectivity index (χ1) is 16.5. The molecular weight excluding hydrogens is 462 g/mol. The number of hydrogen-bond donors (Lipinski definition) is 6. The van der Waals surface area contributed by atoms with E-state index in [9.17, 15) is 30.6 Å². The van der Waals surface area contributed by atoms with E-state index in [0.717, 1.165) is 12.0 Å². The van der Waals surface area contributed by atoms with Crippen LogP contribution >= 0.6 is 0 Å². The van der Waals surface area contributed by atoms with Gasteiger partial charge in [0.1, 0.15) is 7.11 Å². The van der Waals surface area contributed by atoms with Gasteiger partial charge in [-0.1, -0.05) is 19.0 Å². The minimum absolute atomic E-state index is 0.00217. The third kappa shape index (κ3) is 4.16. The summed E-state index contributed by atoms with van der Waals surface area (Å²) in [5, 5.41) is 70.6. The summed E-state index contributed by atoms with van der Waals surface area (Å²) in [7, 11) is 1.49. The predicted molar refractivity (Wildman–Crippen MR) is 136 cm³/mol. The molecule has 0 aromatic carbocycles. The van der Waals surface area contributed by atoms with Crippen molar-refractivity contribution in [3.8, 4) is 0 Å². The maximum absolute atomic E-state index is 12.4. The fourth-order valence-electron chi connectivity index (χ4n) is 8.54. The molecule has 0 heterocycles. The molecule has 3 saturated carbocycles. The van der Waals surface area contributed by atoms with Crippen molar-refractivity contribution in [2.24, 2.45) is 33.7 Å². The van der Waals surface area contributed by atoms with Crippen LogP contribution in [-0.2, 0) is 4.84 Å². The van der Waals surface area contributed by atoms with Crippen molar-refractivity contribution in [2.45, 2.75) is 121 Å². The van der Waals surface area contributed by atoms with Crippen molar-refractivity contribution < 1.29 is 35.5 Å². The smallest absolute Gasteiger partial charge is 0.106 e. The molecule has 36 heavy (non-hydrogen) atoms. The van der Waals surface area contributed by atoms with Crippen LogP contribution in [0.2, 0.25) is 0 Å². The summed E-state index contributed by atoms with van der Waals surface area (Å²) in [6.45, 7) is 9.20. The molecule has 8 heteroatoms. The number of aliphatic hydroxyl groups excluding tert-OH is 3. The Labute approximate surface area is 215 Å². The van der Waals surface area contributed by atoms with E-state index in [1.165, 1.54) is 7.11 Å². The number of hydrogen-bond acceptors (Lipinski definition) is 8. The molecule has 0 aromatic heterocycles. The number of nitrogens with zero attached hydrogens (tertiary/aromatic N) is 1. The monoisotopic (exact) mass is 509 g/mol. The van der Waals surface area contributed by atoms with Gasteiger partial charge in [0.2, 0.25) is 0 Å². The summed E-state index contributed by atoms with van der Waals surface area (Å²) < 4.78 is 0. The predicted octanol–water partition coefficient (Wildman–Crippen LogP) is 2.29. The molecule has 2 unspecified atom stereocenters. The van der Waals surface area contributed by atoms with Gasteiger partial charge in [-0.2, -0.15) is 0 Å². The highest BCUT2D eigenvalue weighted by Gasteiger charge is 2.69. The van der Waals surface area contributed by atoms with Gasteiger partial charge in [0, 0.05) is 11.3 Å². The maximum atomic E-state index is 12.4. The highest BCUT2D eigenvalue weighted by atomic mass is 16.6. The average Bonchev–Trinajstić information content (AvgIpc) is 3.05. The molecule has 0 aromatic rings. The zero-order valence-corrected chi connectivity index (χ0v) is 22.7. The largest absolute Gasteiger partial charge is 0.399 e. The van der Waals surface area contributed by atoms with Crippen LogP contribution in [-0.4, -0.2) is 78.6 Å². The van der Waals surface area contributed by atoms with Crippen LogP contribution in [0.5, 0.6) is 0 Å². The fourth-order valence-corrected chi connectivity index (χ4v) is 8.54. The number of oxime groups is 1. The van der Waals surface area contributed by atoms with Crippen molar-refractivity contribution >= 4 is 5.71 Å². The quantitative estimate of drug-likeness (QED) is 0.302. The van der Waals surface area contributed by atoms with Crippen LogP contribution in [0.1, 0.15) is 86.0 Å². The Morgan fingerprint density at radius 2 is 1.75 bits per heavy atom. The SMILES string of the molecule is CO/N=C1\C=C2C(CC[C@]3(C)[C@@H](C(C)(O)[C@H](O)CCC(C)(C)O)CC[C@@]23O)[C@@]2(C)C[C@H](O)[C@H](O)C[C@@H]12. The normalized spacial score (nSPS) is 46.3. The molecule has 3 fully saturated rings. The maximum Gasteiger partial charge on any atom is 0.106 e. The molecular formula is C28H47NO7. The number of fused-ring (bicyclic) bond motifs is 5. The van der Waals surface area contributed by atoms with Gasteiger partial charge in [0.25, 0.3) is 0 Å². The molecule has 0 amide bonds. The van der Waals surface area contributed by atoms with Gasteiger partial charge in [0.05, 0.1) is 40.8 Å². The van der Waals surface area contributed by atoms with Crippen LogP contribution in [0.4, 0.5) is 0 Å². The molecule has 10 atom stereocenters. The molecule has 0 aliphatic heterocycles. The molecule has 0 spiro atoms. The fraction of sp³-hybridized carbons (Fsp3) is 0.893. The lowest BCUT2D eigenvalue weighted by atomic mass is 9.45. The molecule has 206 valence electrons. The number of rotatable bonds is 6. The lowest BCUT2D eigenvalue weighted by molar-refractivity contribution is -0.172. The molecule has 0 radical (unpaired) electrons. The number of aliphatic hydroxyl groups is 6. The summed E-state index contributed by atoms with van der Waals surface area (Å²) in [4.78, 5) is 5.17. The van der Waals surface area contributed by atoms with Crippen LogP contribution in [0, 0.1) is 28.6 Å². The van der Waals surface area contributed by atoms with Gasteiger partial charge in [-0.3, -0.25) is 0 Å². The Morgan fingerprint density at radius 1 is 1.08 bits per heavy atom. The second-order valence-corrected chi connectivity index (χ2v) is 13.5. The standard InChI is InChI=1S/C28H47NO7/c1-24(2,33)10-9-23(32)27(5,34)22-8-12-28(35)17-13-19(29-36-6)18-14-20(30)21(31)15-25(18,3)16(17)7-11-26(22,28)4/h13,16,18,20-23,30-35H,7-12,14-15H2,1-6H3/b29-19+/t16?,18-,20+,21-,22-,23+,25+,26+,27?,28+/m0/s1. The van der Waals surface area contributed by atoms with Crippen molar-refractivity contribution in [3.63, 3.8) is 0 Å². The Bertz CT molecular complexity index is 910. The van der Waals surface area contributed by atoms with Crippen molar-refractivity contribution in [2.75, 3.05) is 7.11 Å². The van der Waals surface area contributed by atoms with E-state index in [0.29, 0.717) is 44.2 Å². The van der Waals surface area contributed by atoms with Gasteiger partial charge in [-0.05, 0) is 101 Å². The van der Waals surface area contributed by atoms with Crippen LogP contribution in [0.3, 0.4) is 0 Å². The van der Waals surface area contributed by atoms with E-state index in [-0.39, 0.29) is 24.2 Å². The first-order valence-corrected chi connectivity index (χ1v) is 13.6. The van der Waals surface area contributed by atoms with E-state index in [1.807, 2.05) is 13.0 Å². The summed E-state index contributed by atoms with van der Waals surface area (Å²) >= 11 is 0.